The van der Waals surface area contributed by atoms with E-state index in [1.165, 1.54) is 5.56 Å². The Morgan fingerprint density at radius 2 is 1.73 bits per heavy atom. The second-order valence-electron chi connectivity index (χ2n) is 11.3. The van der Waals surface area contributed by atoms with Crippen LogP contribution in [0.2, 0.25) is 0 Å². The highest BCUT2D eigenvalue weighted by molar-refractivity contribution is 5.97. The minimum absolute atomic E-state index is 0.0755. The van der Waals surface area contributed by atoms with Crippen molar-refractivity contribution in [3.63, 3.8) is 0 Å². The maximum absolute atomic E-state index is 13.9. The third kappa shape index (κ3) is 7.51. The molecule has 0 spiro atoms. The molecule has 8 nitrogen and oxygen atoms in total. The van der Waals surface area contributed by atoms with Crippen molar-refractivity contribution in [2.45, 2.75) is 75.8 Å². The van der Waals surface area contributed by atoms with E-state index in [2.05, 4.69) is 51.6 Å². The molecule has 2 heterocycles. The van der Waals surface area contributed by atoms with Gasteiger partial charge in [0, 0.05) is 50.2 Å². The Balaban J connectivity index is 1.39. The highest BCUT2D eigenvalue weighted by atomic mass is 16.5. The van der Waals surface area contributed by atoms with E-state index in [0.717, 1.165) is 50.0 Å². The van der Waals surface area contributed by atoms with Gasteiger partial charge in [-0.1, -0.05) is 42.5 Å². The van der Waals surface area contributed by atoms with Crippen LogP contribution in [0.15, 0.2) is 79.1 Å². The van der Waals surface area contributed by atoms with Crippen molar-refractivity contribution in [3.05, 3.63) is 95.8 Å². The van der Waals surface area contributed by atoms with Crippen molar-refractivity contribution in [1.82, 2.24) is 20.1 Å². The smallest absolute Gasteiger partial charge is 0.256 e. The number of hydrogen-bond donors (Lipinski definition) is 2. The van der Waals surface area contributed by atoms with Gasteiger partial charge in [-0.2, -0.15) is 0 Å². The summed E-state index contributed by atoms with van der Waals surface area (Å²) in [6.45, 7) is 1.95. The van der Waals surface area contributed by atoms with E-state index in [1.807, 2.05) is 18.2 Å². The topological polar surface area (TPSA) is 101 Å². The molecule has 8 heteroatoms. The summed E-state index contributed by atoms with van der Waals surface area (Å²) in [5.41, 5.74) is 8.97. The first-order chi connectivity index (χ1) is 20.0. The molecule has 5 rings (SSSR count). The van der Waals surface area contributed by atoms with Gasteiger partial charge in [-0.25, -0.2) is 0 Å². The first-order valence-corrected chi connectivity index (χ1v) is 14.7. The molecule has 3 aromatic rings. The molecule has 41 heavy (non-hydrogen) atoms. The van der Waals surface area contributed by atoms with Crippen LogP contribution in [-0.2, 0) is 17.9 Å². The van der Waals surface area contributed by atoms with Gasteiger partial charge < -0.3 is 20.7 Å². The van der Waals surface area contributed by atoms with E-state index in [-0.39, 0.29) is 29.9 Å². The Bertz CT molecular complexity index is 1280. The fraction of sp³-hybridized carbons (Fsp3) is 0.424. The normalized spacial score (nSPS) is 22.8. The lowest BCUT2D eigenvalue weighted by Gasteiger charge is -2.43. The third-order valence-electron chi connectivity index (χ3n) is 8.43. The van der Waals surface area contributed by atoms with Crippen LogP contribution in [0, 0.1) is 0 Å². The predicted octanol–water partition coefficient (Wildman–Crippen LogP) is 4.15. The molecule has 1 saturated carbocycles. The SMILES string of the molecule is COc1cccc(CN(Cc2ccccc2)C2CCN(C(=O)c3cccnc3)[C@@H](C(=O)NC3CCC(N)CC3)C2)c1. The summed E-state index contributed by atoms with van der Waals surface area (Å²) in [5.74, 6) is 0.599. The lowest BCUT2D eigenvalue weighted by Crippen LogP contribution is -2.58. The van der Waals surface area contributed by atoms with Crippen molar-refractivity contribution < 1.29 is 14.3 Å². The number of rotatable bonds is 9. The van der Waals surface area contributed by atoms with E-state index < -0.39 is 6.04 Å². The first kappa shape index (κ1) is 28.8. The van der Waals surface area contributed by atoms with Crippen molar-refractivity contribution >= 4 is 11.8 Å². The quantitative estimate of drug-likeness (QED) is 0.412. The van der Waals surface area contributed by atoms with Crippen LogP contribution >= 0.6 is 0 Å². The molecule has 1 saturated heterocycles. The largest absolute Gasteiger partial charge is 0.497 e. The molecule has 1 aromatic heterocycles. The Morgan fingerprint density at radius 3 is 2.46 bits per heavy atom. The van der Waals surface area contributed by atoms with Crippen molar-refractivity contribution in [1.29, 1.82) is 0 Å². The molecule has 216 valence electrons. The molecule has 2 aromatic carbocycles. The number of methoxy groups -OCH3 is 1. The Labute approximate surface area is 242 Å². The summed E-state index contributed by atoms with van der Waals surface area (Å²) in [6, 6.07) is 21.9. The molecule has 1 unspecified atom stereocenters. The minimum atomic E-state index is -0.569. The molecule has 0 radical (unpaired) electrons. The molecule has 2 atom stereocenters. The summed E-state index contributed by atoms with van der Waals surface area (Å²) in [5, 5.41) is 3.28. The Morgan fingerprint density at radius 1 is 0.976 bits per heavy atom. The van der Waals surface area contributed by atoms with E-state index >= 15 is 0 Å². The van der Waals surface area contributed by atoms with Crippen LogP contribution < -0.4 is 15.8 Å². The average Bonchev–Trinajstić information content (AvgIpc) is 3.02. The van der Waals surface area contributed by atoms with E-state index in [9.17, 15) is 9.59 Å². The number of hydrogen-bond acceptors (Lipinski definition) is 6. The van der Waals surface area contributed by atoms with Gasteiger partial charge >= 0.3 is 0 Å². The van der Waals surface area contributed by atoms with Crippen molar-refractivity contribution in [3.8, 4) is 5.75 Å². The number of nitrogens with two attached hydrogens (primary N) is 1. The number of pyridine rings is 1. The summed E-state index contributed by atoms with van der Waals surface area (Å²) < 4.78 is 5.48. The van der Waals surface area contributed by atoms with Crippen LogP contribution in [0.4, 0.5) is 0 Å². The van der Waals surface area contributed by atoms with Crippen LogP contribution in [0.1, 0.15) is 60.0 Å². The number of amides is 2. The molecule has 2 fully saturated rings. The molecule has 0 bridgehead atoms. The van der Waals surface area contributed by atoms with Crippen molar-refractivity contribution in [2.75, 3.05) is 13.7 Å². The third-order valence-corrected chi connectivity index (χ3v) is 8.43. The number of piperidine rings is 1. The zero-order valence-corrected chi connectivity index (χ0v) is 23.8. The van der Waals surface area contributed by atoms with Crippen LogP contribution in [-0.4, -0.2) is 64.4 Å². The fourth-order valence-corrected chi connectivity index (χ4v) is 6.12. The summed E-state index contributed by atoms with van der Waals surface area (Å²) >= 11 is 0. The number of likely N-dealkylation sites (tertiary alicyclic amines) is 1. The molecule has 3 N–H and O–H groups in total. The van der Waals surface area contributed by atoms with Gasteiger partial charge in [0.2, 0.25) is 5.91 Å². The number of ether oxygens (including phenoxy) is 1. The van der Waals surface area contributed by atoms with E-state index in [4.69, 9.17) is 10.5 Å². The number of nitrogens with zero attached hydrogens (tertiary/aromatic N) is 3. The van der Waals surface area contributed by atoms with Crippen LogP contribution in [0.5, 0.6) is 5.75 Å². The monoisotopic (exact) mass is 555 g/mol. The standard InChI is InChI=1S/C33H41N5O3/c1-41-30-11-5-9-25(19-30)23-37(22-24-7-3-2-4-8-24)29-16-18-38(33(40)26-10-6-17-35-21-26)31(20-29)32(39)36-28-14-12-27(34)13-15-28/h2-11,17,19,21,27-29,31H,12-16,18,20,22-23,34H2,1H3,(H,36,39)/t27?,28?,29?,31-/m1/s1. The Kier molecular flexibility index (Phi) is 9.64. The number of carbonyl (C=O) groups is 2. The zero-order chi connectivity index (χ0) is 28.6. The van der Waals surface area contributed by atoms with E-state index in [1.54, 1.807) is 36.5 Å². The van der Waals surface area contributed by atoms with Gasteiger partial charge in [-0.3, -0.25) is 19.5 Å². The maximum atomic E-state index is 13.9. The second kappa shape index (κ2) is 13.7. The van der Waals surface area contributed by atoms with E-state index in [0.29, 0.717) is 25.1 Å². The molecule has 2 amide bonds. The second-order valence-corrected chi connectivity index (χ2v) is 11.3. The number of carbonyl (C=O) groups excluding carboxylic acids is 2. The number of nitrogens with one attached hydrogen (secondary N) is 1. The molecule has 2 aliphatic rings. The van der Waals surface area contributed by atoms with Gasteiger partial charge in [0.1, 0.15) is 11.8 Å². The lowest BCUT2D eigenvalue weighted by molar-refractivity contribution is -0.128. The fourth-order valence-electron chi connectivity index (χ4n) is 6.12. The van der Waals surface area contributed by atoms with Crippen molar-refractivity contribution in [2.24, 2.45) is 5.73 Å². The maximum Gasteiger partial charge on any atom is 0.256 e. The highest BCUT2D eigenvalue weighted by Gasteiger charge is 2.39. The van der Waals surface area contributed by atoms with Crippen LogP contribution in [0.25, 0.3) is 0 Å². The molecule has 1 aliphatic carbocycles. The van der Waals surface area contributed by atoms with Gasteiger partial charge in [-0.15, -0.1) is 0 Å². The van der Waals surface area contributed by atoms with Gasteiger partial charge in [-0.05, 0) is 73.9 Å². The molecular weight excluding hydrogens is 514 g/mol. The summed E-state index contributed by atoms with van der Waals surface area (Å²) in [4.78, 5) is 35.9. The molecular formula is C33H41N5O3. The molecule has 1 aliphatic heterocycles. The zero-order valence-electron chi connectivity index (χ0n) is 23.8. The van der Waals surface area contributed by atoms with Gasteiger partial charge in [0.15, 0.2) is 0 Å². The number of benzene rings is 2. The summed E-state index contributed by atoms with van der Waals surface area (Å²) in [6.07, 6.45) is 8.11. The van der Waals surface area contributed by atoms with Crippen LogP contribution in [0.3, 0.4) is 0 Å². The average molecular weight is 556 g/mol. The van der Waals surface area contributed by atoms with Gasteiger partial charge in [0.25, 0.3) is 5.91 Å². The minimum Gasteiger partial charge on any atom is -0.497 e. The summed E-state index contributed by atoms with van der Waals surface area (Å²) in [7, 11) is 1.68. The first-order valence-electron chi connectivity index (χ1n) is 14.7. The Hall–Kier alpha value is -3.75. The lowest BCUT2D eigenvalue weighted by atomic mass is 9.90. The van der Waals surface area contributed by atoms with Gasteiger partial charge in [0.05, 0.1) is 12.7 Å². The highest BCUT2D eigenvalue weighted by Crippen LogP contribution is 2.28. The number of aromatic nitrogens is 1. The predicted molar refractivity (Wildman–Crippen MR) is 159 cm³/mol.